The van der Waals surface area contributed by atoms with Crippen LogP contribution in [0.3, 0.4) is 0 Å². The van der Waals surface area contributed by atoms with Gasteiger partial charge in [0.25, 0.3) is 0 Å². The molecule has 0 unspecified atom stereocenters. The van der Waals surface area contributed by atoms with E-state index >= 15 is 0 Å². The van der Waals surface area contributed by atoms with E-state index in [4.69, 9.17) is 4.74 Å². The summed E-state index contributed by atoms with van der Waals surface area (Å²) in [6, 6.07) is 2.04. The molecule has 0 spiro atoms. The van der Waals surface area contributed by atoms with E-state index in [0.29, 0.717) is 18.4 Å². The Bertz CT molecular complexity index is 443. The summed E-state index contributed by atoms with van der Waals surface area (Å²) in [6.45, 7) is 4.80. The van der Waals surface area contributed by atoms with Gasteiger partial charge < -0.3 is 10.1 Å². The molecule has 0 aromatic carbocycles. The van der Waals surface area contributed by atoms with Crippen molar-refractivity contribution in [1.29, 1.82) is 0 Å². The monoisotopic (exact) mass is 292 g/mol. The standard InChI is InChI=1S/C15H24N4O2/c20-15(16-8-12-4-7-21-11-12)10-19-6-1-2-13(9-19)14-3-5-17-18-14/h3,5,12-13H,1-2,4,6-11H2,(H,16,20)(H,17,18)/t12-,13+/m0/s1. The van der Waals surface area contributed by atoms with Crippen LogP contribution in [0.4, 0.5) is 0 Å². The summed E-state index contributed by atoms with van der Waals surface area (Å²) in [6.07, 6.45) is 5.16. The first-order chi connectivity index (χ1) is 10.3. The molecule has 6 nitrogen and oxygen atoms in total. The molecule has 0 aliphatic carbocycles. The Hall–Kier alpha value is -1.40. The fourth-order valence-corrected chi connectivity index (χ4v) is 3.21. The number of carbonyl (C=O) groups is 1. The number of carbonyl (C=O) groups excluding carboxylic acids is 1. The van der Waals surface area contributed by atoms with E-state index in [1.54, 1.807) is 6.20 Å². The lowest BCUT2D eigenvalue weighted by molar-refractivity contribution is -0.122. The van der Waals surface area contributed by atoms with E-state index in [-0.39, 0.29) is 5.91 Å². The second-order valence-corrected chi connectivity index (χ2v) is 6.12. The maximum atomic E-state index is 12.0. The topological polar surface area (TPSA) is 70.2 Å². The van der Waals surface area contributed by atoms with E-state index in [1.807, 2.05) is 6.07 Å². The van der Waals surface area contributed by atoms with Crippen LogP contribution in [0.15, 0.2) is 12.3 Å². The summed E-state index contributed by atoms with van der Waals surface area (Å²) in [5.41, 5.74) is 1.18. The van der Waals surface area contributed by atoms with Gasteiger partial charge in [-0.3, -0.25) is 14.8 Å². The molecule has 1 amide bonds. The van der Waals surface area contributed by atoms with E-state index in [9.17, 15) is 4.79 Å². The van der Waals surface area contributed by atoms with Crippen molar-refractivity contribution < 1.29 is 9.53 Å². The van der Waals surface area contributed by atoms with Crippen LogP contribution >= 0.6 is 0 Å². The normalized spacial score (nSPS) is 26.9. The van der Waals surface area contributed by atoms with Gasteiger partial charge in [-0.25, -0.2) is 0 Å². The summed E-state index contributed by atoms with van der Waals surface area (Å²) in [4.78, 5) is 14.3. The second kappa shape index (κ2) is 7.04. The van der Waals surface area contributed by atoms with Gasteiger partial charge >= 0.3 is 0 Å². The van der Waals surface area contributed by atoms with Crippen molar-refractivity contribution in [2.24, 2.45) is 5.92 Å². The van der Waals surface area contributed by atoms with Crippen molar-refractivity contribution in [3.05, 3.63) is 18.0 Å². The predicted molar refractivity (Wildman–Crippen MR) is 78.9 cm³/mol. The van der Waals surface area contributed by atoms with E-state index in [1.165, 1.54) is 12.1 Å². The predicted octanol–water partition coefficient (Wildman–Crippen LogP) is 0.742. The zero-order chi connectivity index (χ0) is 14.5. The molecule has 21 heavy (non-hydrogen) atoms. The maximum Gasteiger partial charge on any atom is 0.234 e. The first-order valence-electron chi connectivity index (χ1n) is 7.87. The molecule has 0 radical (unpaired) electrons. The third-order valence-corrected chi connectivity index (χ3v) is 4.45. The molecule has 2 aliphatic rings. The molecule has 2 atom stereocenters. The fourth-order valence-electron chi connectivity index (χ4n) is 3.21. The number of likely N-dealkylation sites (tertiary alicyclic amines) is 1. The van der Waals surface area contributed by atoms with Gasteiger partial charge in [-0.15, -0.1) is 0 Å². The molecule has 1 aromatic rings. The molecule has 2 fully saturated rings. The Morgan fingerprint density at radius 1 is 1.52 bits per heavy atom. The highest BCUT2D eigenvalue weighted by atomic mass is 16.5. The van der Waals surface area contributed by atoms with Gasteiger partial charge in [0.15, 0.2) is 0 Å². The number of nitrogens with zero attached hydrogens (tertiary/aromatic N) is 2. The molecule has 2 aliphatic heterocycles. The Kier molecular flexibility index (Phi) is 4.87. The molecule has 3 rings (SSSR count). The Labute approximate surface area is 125 Å². The van der Waals surface area contributed by atoms with Gasteiger partial charge in [-0.2, -0.15) is 5.10 Å². The molecular weight excluding hydrogens is 268 g/mol. The van der Waals surface area contributed by atoms with E-state index in [0.717, 1.165) is 45.7 Å². The molecule has 3 heterocycles. The minimum atomic E-state index is 0.132. The van der Waals surface area contributed by atoms with Crippen LogP contribution < -0.4 is 5.32 Å². The summed E-state index contributed by atoms with van der Waals surface area (Å²) in [5, 5.41) is 10.1. The number of rotatable bonds is 5. The zero-order valence-electron chi connectivity index (χ0n) is 12.4. The molecule has 116 valence electrons. The molecule has 6 heteroatoms. The third kappa shape index (κ3) is 4.04. The fraction of sp³-hybridized carbons (Fsp3) is 0.733. The number of piperidine rings is 1. The zero-order valence-corrected chi connectivity index (χ0v) is 12.4. The van der Waals surface area contributed by atoms with Crippen molar-refractivity contribution in [2.75, 3.05) is 39.4 Å². The number of amides is 1. The quantitative estimate of drug-likeness (QED) is 0.840. The Balaban J connectivity index is 1.42. The summed E-state index contributed by atoms with van der Waals surface area (Å²) in [7, 11) is 0. The van der Waals surface area contributed by atoms with Gasteiger partial charge in [0.2, 0.25) is 5.91 Å². The van der Waals surface area contributed by atoms with Crippen LogP contribution in [0.2, 0.25) is 0 Å². The van der Waals surface area contributed by atoms with Gasteiger partial charge in [-0.05, 0) is 31.9 Å². The molecule has 2 N–H and O–H groups in total. The van der Waals surface area contributed by atoms with Gasteiger partial charge in [0.1, 0.15) is 0 Å². The molecule has 0 saturated carbocycles. The van der Waals surface area contributed by atoms with Crippen molar-refractivity contribution in [3.63, 3.8) is 0 Å². The third-order valence-electron chi connectivity index (χ3n) is 4.45. The smallest absolute Gasteiger partial charge is 0.234 e. The maximum absolute atomic E-state index is 12.0. The average Bonchev–Trinajstić information content (AvgIpc) is 3.19. The Morgan fingerprint density at radius 3 is 3.24 bits per heavy atom. The minimum Gasteiger partial charge on any atom is -0.381 e. The van der Waals surface area contributed by atoms with Crippen molar-refractivity contribution in [1.82, 2.24) is 20.4 Å². The van der Waals surface area contributed by atoms with Crippen molar-refractivity contribution >= 4 is 5.91 Å². The average molecular weight is 292 g/mol. The number of ether oxygens (including phenoxy) is 1. The highest BCUT2D eigenvalue weighted by Crippen LogP contribution is 2.24. The van der Waals surface area contributed by atoms with Crippen LogP contribution in [0.1, 0.15) is 30.9 Å². The highest BCUT2D eigenvalue weighted by molar-refractivity contribution is 5.78. The van der Waals surface area contributed by atoms with Crippen LogP contribution in [0.25, 0.3) is 0 Å². The lowest BCUT2D eigenvalue weighted by Gasteiger charge is -2.31. The highest BCUT2D eigenvalue weighted by Gasteiger charge is 2.24. The number of aromatic amines is 1. The number of hydrogen-bond donors (Lipinski definition) is 2. The second-order valence-electron chi connectivity index (χ2n) is 6.12. The molecule has 1 aromatic heterocycles. The lowest BCUT2D eigenvalue weighted by Crippen LogP contribution is -2.43. The molecule has 0 bridgehead atoms. The first-order valence-corrected chi connectivity index (χ1v) is 7.87. The molecule has 2 saturated heterocycles. The van der Waals surface area contributed by atoms with Crippen LogP contribution in [0.5, 0.6) is 0 Å². The van der Waals surface area contributed by atoms with Crippen LogP contribution in [-0.2, 0) is 9.53 Å². The SMILES string of the molecule is O=C(CN1CCC[C@@H](c2ccn[nH]2)C1)NC[C@@H]1CCOC1. The summed E-state index contributed by atoms with van der Waals surface area (Å²) in [5.74, 6) is 1.09. The largest absolute Gasteiger partial charge is 0.381 e. The molecular formula is C15H24N4O2. The number of aromatic nitrogens is 2. The number of H-pyrrole nitrogens is 1. The van der Waals surface area contributed by atoms with Crippen LogP contribution in [-0.4, -0.2) is 60.4 Å². The van der Waals surface area contributed by atoms with E-state index in [2.05, 4.69) is 20.4 Å². The van der Waals surface area contributed by atoms with E-state index < -0.39 is 0 Å². The number of hydrogen-bond acceptors (Lipinski definition) is 4. The summed E-state index contributed by atoms with van der Waals surface area (Å²) < 4.78 is 5.32. The van der Waals surface area contributed by atoms with Crippen LogP contribution in [0, 0.1) is 5.92 Å². The summed E-state index contributed by atoms with van der Waals surface area (Å²) >= 11 is 0. The first kappa shape index (κ1) is 14.5. The Morgan fingerprint density at radius 2 is 2.48 bits per heavy atom. The van der Waals surface area contributed by atoms with Gasteiger partial charge in [-0.1, -0.05) is 0 Å². The van der Waals surface area contributed by atoms with Gasteiger partial charge in [0, 0.05) is 43.4 Å². The minimum absolute atomic E-state index is 0.132. The van der Waals surface area contributed by atoms with Gasteiger partial charge in [0.05, 0.1) is 13.2 Å². The van der Waals surface area contributed by atoms with Crippen molar-refractivity contribution in [3.8, 4) is 0 Å². The van der Waals surface area contributed by atoms with Crippen molar-refractivity contribution in [2.45, 2.75) is 25.2 Å². The lowest BCUT2D eigenvalue weighted by atomic mass is 9.95. The number of nitrogens with one attached hydrogen (secondary N) is 2.